The molecular weight excluding hydrogens is 241 g/mol. The predicted octanol–water partition coefficient (Wildman–Crippen LogP) is 2.28. The van der Waals surface area contributed by atoms with Crippen molar-refractivity contribution in [3.05, 3.63) is 17.0 Å². The van der Waals surface area contributed by atoms with Gasteiger partial charge in [0, 0.05) is 0 Å². The molecule has 0 bridgehead atoms. The smallest absolute Gasteiger partial charge is 0.365 e. The normalized spacial score (nSPS) is 12.9. The Morgan fingerprint density at radius 2 is 2.00 bits per heavy atom. The second kappa shape index (κ2) is 3.43. The van der Waals surface area contributed by atoms with Crippen LogP contribution in [0, 0.1) is 6.92 Å². The van der Waals surface area contributed by atoms with Gasteiger partial charge in [0.15, 0.2) is 5.06 Å². The average molecular weight is 246 g/mol. The molecule has 0 aliphatic carbocycles. The Hall–Kier alpha value is -0.760. The first-order chi connectivity index (χ1) is 6.22. The van der Waals surface area contributed by atoms with Crippen molar-refractivity contribution in [3.63, 3.8) is 0 Å². The topological polar surface area (TPSA) is 43.4 Å². The summed E-state index contributed by atoms with van der Waals surface area (Å²) in [6, 6.07) is 1.22. The van der Waals surface area contributed by atoms with Gasteiger partial charge in [-0.25, -0.2) is 0 Å². The molecule has 0 amide bonds. The van der Waals surface area contributed by atoms with Crippen molar-refractivity contribution in [2.75, 3.05) is 0 Å². The molecule has 8 heteroatoms. The second-order valence-electron chi connectivity index (χ2n) is 2.43. The van der Waals surface area contributed by atoms with Gasteiger partial charge in [-0.1, -0.05) is 0 Å². The SMILES string of the molecule is Cc1csc(OS(=O)(=O)C(F)(F)F)c1. The molecule has 1 heterocycles. The number of hydrogen-bond donors (Lipinski definition) is 0. The van der Waals surface area contributed by atoms with Crippen LogP contribution in [0.1, 0.15) is 5.56 Å². The quantitative estimate of drug-likeness (QED) is 0.594. The molecule has 1 aromatic heterocycles. The molecule has 0 fully saturated rings. The molecule has 0 N–H and O–H groups in total. The van der Waals surface area contributed by atoms with Gasteiger partial charge in [0.1, 0.15) is 0 Å². The lowest BCUT2D eigenvalue weighted by atomic mass is 10.4. The summed E-state index contributed by atoms with van der Waals surface area (Å²) in [6.07, 6.45) is 0. The maximum atomic E-state index is 11.8. The van der Waals surface area contributed by atoms with E-state index in [0.717, 1.165) is 11.3 Å². The van der Waals surface area contributed by atoms with E-state index in [-0.39, 0.29) is 5.06 Å². The van der Waals surface area contributed by atoms with Crippen molar-refractivity contribution < 1.29 is 25.8 Å². The van der Waals surface area contributed by atoms with Crippen molar-refractivity contribution >= 4 is 21.5 Å². The van der Waals surface area contributed by atoms with Crippen molar-refractivity contribution in [1.29, 1.82) is 0 Å². The number of halogens is 3. The van der Waals surface area contributed by atoms with Gasteiger partial charge >= 0.3 is 15.6 Å². The Bertz CT molecular complexity index is 418. The first-order valence-electron chi connectivity index (χ1n) is 3.28. The standard InChI is InChI=1S/C6H5F3O3S2/c1-4-2-5(13-3-4)12-14(10,11)6(7,8)9/h2-3H,1H3. The summed E-state index contributed by atoms with van der Waals surface area (Å²) in [4.78, 5) is 0. The summed E-state index contributed by atoms with van der Waals surface area (Å²) in [5.74, 6) is 0. The van der Waals surface area contributed by atoms with Crippen LogP contribution in [-0.4, -0.2) is 13.9 Å². The van der Waals surface area contributed by atoms with Crippen LogP contribution in [0.15, 0.2) is 11.4 Å². The molecule has 14 heavy (non-hydrogen) atoms. The van der Waals surface area contributed by atoms with Crippen LogP contribution in [0.25, 0.3) is 0 Å². The minimum atomic E-state index is -5.53. The molecule has 0 saturated carbocycles. The maximum absolute atomic E-state index is 11.8. The highest BCUT2D eigenvalue weighted by atomic mass is 32.2. The Balaban J connectivity index is 2.90. The van der Waals surface area contributed by atoms with E-state index < -0.39 is 15.6 Å². The number of alkyl halides is 3. The maximum Gasteiger partial charge on any atom is 0.534 e. The van der Waals surface area contributed by atoms with Gasteiger partial charge in [0.2, 0.25) is 0 Å². The molecule has 0 aromatic carbocycles. The summed E-state index contributed by atoms with van der Waals surface area (Å²) in [5, 5.41) is 1.20. The molecule has 3 nitrogen and oxygen atoms in total. The number of aryl methyl sites for hydroxylation is 1. The summed E-state index contributed by atoms with van der Waals surface area (Å²) < 4.78 is 60.3. The average Bonchev–Trinajstić information content (AvgIpc) is 2.31. The summed E-state index contributed by atoms with van der Waals surface area (Å²) >= 11 is 0.791. The third kappa shape index (κ3) is 2.38. The minimum absolute atomic E-state index is 0.292. The van der Waals surface area contributed by atoms with E-state index in [4.69, 9.17) is 0 Å². The van der Waals surface area contributed by atoms with Crippen LogP contribution in [0.5, 0.6) is 5.06 Å². The Morgan fingerprint density at radius 1 is 1.43 bits per heavy atom. The Labute approximate surface area is 82.2 Å². The highest BCUT2D eigenvalue weighted by Gasteiger charge is 2.48. The largest absolute Gasteiger partial charge is 0.534 e. The Morgan fingerprint density at radius 3 is 2.36 bits per heavy atom. The minimum Gasteiger partial charge on any atom is -0.365 e. The molecule has 0 atom stereocenters. The fourth-order valence-corrected chi connectivity index (χ4v) is 2.01. The molecular formula is C6H5F3O3S2. The fourth-order valence-electron chi connectivity index (χ4n) is 0.604. The third-order valence-electron chi connectivity index (χ3n) is 1.18. The molecule has 0 aliphatic heterocycles. The predicted molar refractivity (Wildman–Crippen MR) is 44.7 cm³/mol. The molecule has 0 aliphatic rings. The van der Waals surface area contributed by atoms with E-state index in [9.17, 15) is 21.6 Å². The zero-order valence-electron chi connectivity index (χ0n) is 6.83. The molecule has 1 aromatic rings. The molecule has 0 unspecified atom stereocenters. The van der Waals surface area contributed by atoms with Crippen LogP contribution in [-0.2, 0) is 10.1 Å². The molecule has 1 rings (SSSR count). The lowest BCUT2D eigenvalue weighted by molar-refractivity contribution is -0.0498. The molecule has 0 radical (unpaired) electrons. The van der Waals surface area contributed by atoms with Crippen molar-refractivity contribution in [2.24, 2.45) is 0 Å². The fraction of sp³-hybridized carbons (Fsp3) is 0.333. The third-order valence-corrected chi connectivity index (χ3v) is 3.18. The van der Waals surface area contributed by atoms with Gasteiger partial charge in [-0.2, -0.15) is 21.6 Å². The van der Waals surface area contributed by atoms with E-state index >= 15 is 0 Å². The van der Waals surface area contributed by atoms with E-state index in [1.807, 2.05) is 0 Å². The van der Waals surface area contributed by atoms with Gasteiger partial charge in [0.25, 0.3) is 0 Å². The zero-order chi connectivity index (χ0) is 11.0. The number of thiophene rings is 1. The van der Waals surface area contributed by atoms with Gasteiger partial charge in [-0.05, 0) is 23.9 Å². The van der Waals surface area contributed by atoms with Crippen LogP contribution in [0.3, 0.4) is 0 Å². The summed E-state index contributed by atoms with van der Waals surface area (Å²) in [7, 11) is -5.53. The van der Waals surface area contributed by atoms with E-state index in [0.29, 0.717) is 5.56 Å². The number of hydrogen-bond acceptors (Lipinski definition) is 4. The van der Waals surface area contributed by atoms with Crippen LogP contribution < -0.4 is 4.18 Å². The lowest BCUT2D eigenvalue weighted by Gasteiger charge is -2.06. The van der Waals surface area contributed by atoms with Crippen LogP contribution in [0.4, 0.5) is 13.2 Å². The first-order valence-corrected chi connectivity index (χ1v) is 5.57. The highest BCUT2D eigenvalue weighted by molar-refractivity contribution is 7.88. The van der Waals surface area contributed by atoms with Gasteiger partial charge in [0.05, 0.1) is 0 Å². The van der Waals surface area contributed by atoms with Gasteiger partial charge in [-0.15, -0.1) is 11.3 Å². The van der Waals surface area contributed by atoms with E-state index in [1.54, 1.807) is 6.92 Å². The molecule has 0 spiro atoms. The monoisotopic (exact) mass is 246 g/mol. The first kappa shape index (κ1) is 11.3. The highest BCUT2D eigenvalue weighted by Crippen LogP contribution is 2.30. The van der Waals surface area contributed by atoms with Crippen molar-refractivity contribution in [1.82, 2.24) is 0 Å². The lowest BCUT2D eigenvalue weighted by Crippen LogP contribution is -2.27. The summed E-state index contributed by atoms with van der Waals surface area (Å²) in [5.41, 5.74) is -4.74. The Kier molecular flexibility index (Phi) is 2.77. The second-order valence-corrected chi connectivity index (χ2v) is 4.84. The van der Waals surface area contributed by atoms with Crippen LogP contribution >= 0.6 is 11.3 Å². The van der Waals surface area contributed by atoms with Gasteiger partial charge in [-0.3, -0.25) is 0 Å². The van der Waals surface area contributed by atoms with Crippen LogP contribution in [0.2, 0.25) is 0 Å². The van der Waals surface area contributed by atoms with E-state index in [2.05, 4.69) is 4.18 Å². The molecule has 80 valence electrons. The van der Waals surface area contributed by atoms with Crippen molar-refractivity contribution in [2.45, 2.75) is 12.4 Å². The van der Waals surface area contributed by atoms with E-state index in [1.165, 1.54) is 11.4 Å². The number of rotatable bonds is 2. The molecule has 0 saturated heterocycles. The van der Waals surface area contributed by atoms with Crippen molar-refractivity contribution in [3.8, 4) is 5.06 Å². The zero-order valence-corrected chi connectivity index (χ0v) is 8.46. The van der Waals surface area contributed by atoms with Gasteiger partial charge < -0.3 is 4.18 Å². The summed E-state index contributed by atoms with van der Waals surface area (Å²) in [6.45, 7) is 1.61.